The molecule has 0 unspecified atom stereocenters. The van der Waals surface area contributed by atoms with Crippen molar-refractivity contribution in [3.8, 4) is 0 Å². The van der Waals surface area contributed by atoms with E-state index in [2.05, 4.69) is 17.4 Å². The topological polar surface area (TPSA) is 58.6 Å². The summed E-state index contributed by atoms with van der Waals surface area (Å²) in [6, 6.07) is 4.10. The summed E-state index contributed by atoms with van der Waals surface area (Å²) in [5, 5.41) is 3.01. The minimum Gasteiger partial charge on any atom is -0.383 e. The minimum atomic E-state index is -0.304. The maximum atomic E-state index is 12.6. The van der Waals surface area contributed by atoms with Crippen LogP contribution in [0.2, 0.25) is 0 Å². The van der Waals surface area contributed by atoms with Gasteiger partial charge in [-0.25, -0.2) is 0 Å². The van der Waals surface area contributed by atoms with E-state index in [1.54, 1.807) is 12.0 Å². The molecular weight excluding hydrogens is 292 g/mol. The number of methoxy groups -OCH3 is 1. The first-order chi connectivity index (χ1) is 10.8. The molecule has 2 rings (SSSR count). The molecule has 5 heteroatoms. The van der Waals surface area contributed by atoms with Gasteiger partial charge in [-0.1, -0.05) is 17.7 Å². The van der Waals surface area contributed by atoms with Crippen molar-refractivity contribution < 1.29 is 14.3 Å². The van der Waals surface area contributed by atoms with Gasteiger partial charge < -0.3 is 15.0 Å². The first kappa shape index (κ1) is 17.5. The zero-order chi connectivity index (χ0) is 17.1. The molecule has 0 bridgehead atoms. The third-order valence-corrected chi connectivity index (χ3v) is 4.39. The number of rotatable bonds is 5. The predicted octanol–water partition coefficient (Wildman–Crippen LogP) is 2.43. The largest absolute Gasteiger partial charge is 0.383 e. The third kappa shape index (κ3) is 3.91. The Hall–Kier alpha value is -1.88. The van der Waals surface area contributed by atoms with E-state index in [9.17, 15) is 9.59 Å². The summed E-state index contributed by atoms with van der Waals surface area (Å²) in [5.74, 6) is -0.366. The lowest BCUT2D eigenvalue weighted by Gasteiger charge is -2.24. The molecule has 2 atom stereocenters. The number of anilines is 1. The van der Waals surface area contributed by atoms with E-state index in [0.29, 0.717) is 13.2 Å². The molecule has 1 aromatic carbocycles. The number of benzene rings is 1. The van der Waals surface area contributed by atoms with Crippen LogP contribution in [0, 0.1) is 26.7 Å². The molecule has 126 valence electrons. The van der Waals surface area contributed by atoms with Crippen LogP contribution in [-0.2, 0) is 14.3 Å². The lowest BCUT2D eigenvalue weighted by Crippen LogP contribution is -2.38. The molecule has 0 aromatic heterocycles. The fraction of sp³-hybridized carbons (Fsp3) is 0.556. The molecule has 1 aliphatic heterocycles. The maximum absolute atomic E-state index is 12.6. The summed E-state index contributed by atoms with van der Waals surface area (Å²) in [6.45, 7) is 8.90. The molecule has 0 saturated carbocycles. The highest BCUT2D eigenvalue weighted by atomic mass is 16.5. The van der Waals surface area contributed by atoms with Crippen LogP contribution in [-0.4, -0.2) is 43.0 Å². The number of hydrogen-bond donors (Lipinski definition) is 1. The standard InChI is InChI=1S/C18H26N2O3/c1-11-6-12(2)17(13(3)7-11)19-18(22)15-8-16(21)20(9-15)14(4)10-23-5/h6-7,14-15H,8-10H2,1-5H3,(H,19,22)/t14-,15+/m0/s1. The summed E-state index contributed by atoms with van der Waals surface area (Å²) in [6.07, 6.45) is 0.268. The molecule has 1 fully saturated rings. The van der Waals surface area contributed by atoms with Crippen LogP contribution >= 0.6 is 0 Å². The average molecular weight is 318 g/mol. The van der Waals surface area contributed by atoms with Crippen molar-refractivity contribution in [3.63, 3.8) is 0 Å². The Morgan fingerprint density at radius 2 is 1.96 bits per heavy atom. The van der Waals surface area contributed by atoms with Crippen molar-refractivity contribution >= 4 is 17.5 Å². The van der Waals surface area contributed by atoms with Gasteiger partial charge in [0.1, 0.15) is 0 Å². The number of carbonyl (C=O) groups is 2. The minimum absolute atomic E-state index is 0.00635. The summed E-state index contributed by atoms with van der Waals surface area (Å²) < 4.78 is 5.10. The van der Waals surface area contributed by atoms with E-state index in [1.165, 1.54) is 5.56 Å². The molecule has 0 radical (unpaired) electrons. The van der Waals surface area contributed by atoms with Crippen LogP contribution in [0.15, 0.2) is 12.1 Å². The fourth-order valence-corrected chi connectivity index (χ4v) is 3.27. The van der Waals surface area contributed by atoms with Gasteiger partial charge in [0, 0.05) is 25.8 Å². The van der Waals surface area contributed by atoms with E-state index in [4.69, 9.17) is 4.74 Å². The van der Waals surface area contributed by atoms with E-state index < -0.39 is 0 Å². The number of ether oxygens (including phenoxy) is 1. The second-order valence-corrected chi connectivity index (χ2v) is 6.51. The van der Waals surface area contributed by atoms with Crippen molar-refractivity contribution in [3.05, 3.63) is 28.8 Å². The summed E-state index contributed by atoms with van der Waals surface area (Å²) in [4.78, 5) is 26.4. The number of hydrogen-bond acceptors (Lipinski definition) is 3. The van der Waals surface area contributed by atoms with Gasteiger partial charge in [-0.05, 0) is 38.8 Å². The van der Waals surface area contributed by atoms with Gasteiger partial charge in [0.05, 0.1) is 18.6 Å². The van der Waals surface area contributed by atoms with Crippen molar-refractivity contribution in [2.75, 3.05) is 25.6 Å². The first-order valence-electron chi connectivity index (χ1n) is 8.00. The Labute approximate surface area is 138 Å². The molecule has 1 heterocycles. The SMILES string of the molecule is COC[C@H](C)N1C[C@H](C(=O)Nc2c(C)cc(C)cc2C)CC1=O. The van der Waals surface area contributed by atoms with Gasteiger partial charge in [0.25, 0.3) is 0 Å². The number of nitrogens with one attached hydrogen (secondary N) is 1. The summed E-state index contributed by atoms with van der Waals surface area (Å²) >= 11 is 0. The fourth-order valence-electron chi connectivity index (χ4n) is 3.27. The third-order valence-electron chi connectivity index (χ3n) is 4.39. The summed E-state index contributed by atoms with van der Waals surface area (Å²) in [5.41, 5.74) is 4.12. The van der Waals surface area contributed by atoms with Crippen LogP contribution in [0.3, 0.4) is 0 Å². The quantitative estimate of drug-likeness (QED) is 0.907. The van der Waals surface area contributed by atoms with Crippen molar-refractivity contribution in [1.82, 2.24) is 4.90 Å². The van der Waals surface area contributed by atoms with Crippen LogP contribution < -0.4 is 5.32 Å². The monoisotopic (exact) mass is 318 g/mol. The zero-order valence-corrected chi connectivity index (χ0v) is 14.6. The van der Waals surface area contributed by atoms with Gasteiger partial charge >= 0.3 is 0 Å². The number of carbonyl (C=O) groups excluding carboxylic acids is 2. The molecule has 5 nitrogen and oxygen atoms in total. The summed E-state index contributed by atoms with van der Waals surface area (Å²) in [7, 11) is 1.62. The van der Waals surface area contributed by atoms with Crippen molar-refractivity contribution in [2.24, 2.45) is 5.92 Å². The lowest BCUT2D eigenvalue weighted by molar-refractivity contribution is -0.130. The van der Waals surface area contributed by atoms with E-state index in [-0.39, 0.29) is 30.2 Å². The highest BCUT2D eigenvalue weighted by molar-refractivity contribution is 5.98. The van der Waals surface area contributed by atoms with Crippen LogP contribution in [0.25, 0.3) is 0 Å². The van der Waals surface area contributed by atoms with E-state index in [0.717, 1.165) is 16.8 Å². The number of nitrogens with zero attached hydrogens (tertiary/aromatic N) is 1. The van der Waals surface area contributed by atoms with Gasteiger partial charge in [0.2, 0.25) is 11.8 Å². The second kappa shape index (κ2) is 7.13. The van der Waals surface area contributed by atoms with E-state index >= 15 is 0 Å². The van der Waals surface area contributed by atoms with Gasteiger partial charge in [-0.3, -0.25) is 9.59 Å². The Morgan fingerprint density at radius 3 is 2.52 bits per heavy atom. The number of aryl methyl sites for hydroxylation is 3. The Kier molecular flexibility index (Phi) is 5.42. The molecule has 1 aromatic rings. The Bertz CT molecular complexity index is 589. The molecule has 1 saturated heterocycles. The average Bonchev–Trinajstić information content (AvgIpc) is 2.85. The maximum Gasteiger partial charge on any atom is 0.229 e. The Morgan fingerprint density at radius 1 is 1.35 bits per heavy atom. The molecule has 1 aliphatic rings. The highest BCUT2D eigenvalue weighted by Gasteiger charge is 2.36. The van der Waals surface area contributed by atoms with Crippen LogP contribution in [0.1, 0.15) is 30.0 Å². The zero-order valence-electron chi connectivity index (χ0n) is 14.6. The van der Waals surface area contributed by atoms with Crippen LogP contribution in [0.4, 0.5) is 5.69 Å². The van der Waals surface area contributed by atoms with Crippen molar-refractivity contribution in [2.45, 2.75) is 40.2 Å². The van der Waals surface area contributed by atoms with Crippen molar-refractivity contribution in [1.29, 1.82) is 0 Å². The molecular formula is C18H26N2O3. The molecule has 0 aliphatic carbocycles. The molecule has 23 heavy (non-hydrogen) atoms. The van der Waals surface area contributed by atoms with Crippen LogP contribution in [0.5, 0.6) is 0 Å². The van der Waals surface area contributed by atoms with Gasteiger partial charge in [-0.2, -0.15) is 0 Å². The smallest absolute Gasteiger partial charge is 0.229 e. The molecule has 1 N–H and O–H groups in total. The number of amides is 2. The van der Waals surface area contributed by atoms with E-state index in [1.807, 2.05) is 27.7 Å². The second-order valence-electron chi connectivity index (χ2n) is 6.51. The first-order valence-corrected chi connectivity index (χ1v) is 8.00. The number of likely N-dealkylation sites (tertiary alicyclic amines) is 1. The molecule has 2 amide bonds. The normalized spacial score (nSPS) is 19.1. The van der Waals surface area contributed by atoms with Gasteiger partial charge in [0.15, 0.2) is 0 Å². The lowest BCUT2D eigenvalue weighted by atomic mass is 10.0. The highest BCUT2D eigenvalue weighted by Crippen LogP contribution is 2.26. The predicted molar refractivity (Wildman–Crippen MR) is 90.4 cm³/mol. The Balaban J connectivity index is 2.07. The molecule has 0 spiro atoms. The van der Waals surface area contributed by atoms with Gasteiger partial charge in [-0.15, -0.1) is 0 Å².